The van der Waals surface area contributed by atoms with Crippen molar-refractivity contribution in [3.05, 3.63) is 100 Å². The predicted octanol–water partition coefficient (Wildman–Crippen LogP) is 6.71. The van der Waals surface area contributed by atoms with Crippen LogP contribution < -0.4 is 0 Å². The van der Waals surface area contributed by atoms with Gasteiger partial charge in [-0.2, -0.15) is 39.5 Å². The zero-order valence-electron chi connectivity index (χ0n) is 20.6. The summed E-state index contributed by atoms with van der Waals surface area (Å²) in [5.74, 6) is -1.03. The number of hydrogen-bond donors (Lipinski definition) is 0. The monoisotopic (exact) mass is 575 g/mol. The number of halogens is 9. The first-order valence-electron chi connectivity index (χ1n) is 12.0. The van der Waals surface area contributed by atoms with E-state index in [1.807, 2.05) is 11.0 Å². The van der Waals surface area contributed by atoms with Crippen molar-refractivity contribution < 1.29 is 44.3 Å². The lowest BCUT2D eigenvalue weighted by Crippen LogP contribution is -2.55. The third-order valence-electron chi connectivity index (χ3n) is 6.54. The lowest BCUT2D eigenvalue weighted by atomic mass is 9.98. The fourth-order valence-electron chi connectivity index (χ4n) is 4.60. The van der Waals surface area contributed by atoms with Gasteiger partial charge in [0, 0.05) is 50.2 Å². The molecule has 0 bridgehead atoms. The molecule has 13 heteroatoms. The summed E-state index contributed by atoms with van der Waals surface area (Å²) >= 11 is 0. The highest BCUT2D eigenvalue weighted by Crippen LogP contribution is 2.37. The molecular formula is C27H22F9N3O. The van der Waals surface area contributed by atoms with Gasteiger partial charge in [0.15, 0.2) is 0 Å². The molecule has 0 spiro atoms. The molecule has 2 aromatic carbocycles. The number of amides is 1. The van der Waals surface area contributed by atoms with Crippen molar-refractivity contribution in [3.63, 3.8) is 0 Å². The molecule has 1 aliphatic rings. The van der Waals surface area contributed by atoms with Gasteiger partial charge >= 0.3 is 18.5 Å². The van der Waals surface area contributed by atoms with E-state index in [0.717, 1.165) is 17.7 Å². The largest absolute Gasteiger partial charge is 0.416 e. The number of alkyl halides is 9. The fourth-order valence-corrected chi connectivity index (χ4v) is 4.60. The number of nitrogens with zero attached hydrogens (tertiary/aromatic N) is 3. The highest BCUT2D eigenvalue weighted by Gasteiger charge is 2.39. The molecule has 1 atom stereocenters. The van der Waals surface area contributed by atoms with Gasteiger partial charge in [-0.1, -0.05) is 18.2 Å². The van der Waals surface area contributed by atoms with Gasteiger partial charge in [-0.25, -0.2) is 0 Å². The van der Waals surface area contributed by atoms with Crippen molar-refractivity contribution in [2.75, 3.05) is 19.6 Å². The molecule has 0 radical (unpaired) electrons. The van der Waals surface area contributed by atoms with Crippen LogP contribution in [0, 0.1) is 0 Å². The predicted molar refractivity (Wildman–Crippen MR) is 126 cm³/mol. The van der Waals surface area contributed by atoms with Gasteiger partial charge in [-0.05, 0) is 53.9 Å². The number of carbonyl (C=O) groups is 1. The van der Waals surface area contributed by atoms with Gasteiger partial charge in [-0.15, -0.1) is 0 Å². The molecule has 1 fully saturated rings. The molecular weight excluding hydrogens is 553 g/mol. The summed E-state index contributed by atoms with van der Waals surface area (Å²) in [5.41, 5.74) is -3.63. The molecule has 0 unspecified atom stereocenters. The molecule has 2 heterocycles. The first kappa shape index (κ1) is 29.4. The first-order chi connectivity index (χ1) is 18.6. The average molecular weight is 575 g/mol. The molecule has 0 aliphatic carbocycles. The smallest absolute Gasteiger partial charge is 0.333 e. The molecule has 4 nitrogen and oxygen atoms in total. The van der Waals surface area contributed by atoms with Crippen LogP contribution >= 0.6 is 0 Å². The van der Waals surface area contributed by atoms with E-state index in [1.54, 1.807) is 18.5 Å². The molecule has 1 aromatic heterocycles. The van der Waals surface area contributed by atoms with Gasteiger partial charge in [0.05, 0.1) is 16.7 Å². The maximum Gasteiger partial charge on any atom is 0.416 e. The number of rotatable bonds is 5. The van der Waals surface area contributed by atoms with Crippen molar-refractivity contribution in [2.24, 2.45) is 0 Å². The summed E-state index contributed by atoms with van der Waals surface area (Å²) in [6, 6.07) is 7.72. The third-order valence-corrected chi connectivity index (χ3v) is 6.54. The summed E-state index contributed by atoms with van der Waals surface area (Å²) in [4.78, 5) is 20.6. The Balaban J connectivity index is 1.66. The summed E-state index contributed by atoms with van der Waals surface area (Å²) in [6.45, 7) is 0.811. The Morgan fingerprint density at radius 2 is 1.38 bits per heavy atom. The molecule has 0 N–H and O–H groups in total. The zero-order valence-corrected chi connectivity index (χ0v) is 20.6. The van der Waals surface area contributed by atoms with E-state index in [2.05, 4.69) is 4.98 Å². The Morgan fingerprint density at radius 3 is 1.90 bits per heavy atom. The van der Waals surface area contributed by atoms with Crippen molar-refractivity contribution in [1.82, 2.24) is 14.8 Å². The number of carbonyl (C=O) groups excluding carboxylic acids is 1. The van der Waals surface area contributed by atoms with Crippen molar-refractivity contribution >= 4 is 5.91 Å². The fraction of sp³-hybridized carbons (Fsp3) is 0.333. The van der Waals surface area contributed by atoms with Gasteiger partial charge in [0.1, 0.15) is 0 Å². The topological polar surface area (TPSA) is 36.4 Å². The molecule has 1 saturated heterocycles. The van der Waals surface area contributed by atoms with Crippen LogP contribution in [0.1, 0.15) is 38.2 Å². The Morgan fingerprint density at radius 1 is 0.775 bits per heavy atom. The van der Waals surface area contributed by atoms with Crippen LogP contribution in [0.25, 0.3) is 0 Å². The first-order valence-corrected chi connectivity index (χ1v) is 12.0. The lowest BCUT2D eigenvalue weighted by molar-refractivity contribution is -0.143. The van der Waals surface area contributed by atoms with E-state index >= 15 is 0 Å². The number of pyridine rings is 1. The van der Waals surface area contributed by atoms with Gasteiger partial charge in [0.2, 0.25) is 0 Å². The van der Waals surface area contributed by atoms with Crippen LogP contribution in [-0.2, 0) is 31.5 Å². The van der Waals surface area contributed by atoms with E-state index in [1.165, 1.54) is 17.0 Å². The summed E-state index contributed by atoms with van der Waals surface area (Å²) in [7, 11) is 0. The Hall–Kier alpha value is -3.61. The quantitative estimate of drug-likeness (QED) is 0.318. The maximum absolute atomic E-state index is 13.4. The average Bonchev–Trinajstić information content (AvgIpc) is 2.88. The van der Waals surface area contributed by atoms with E-state index in [-0.39, 0.29) is 32.1 Å². The van der Waals surface area contributed by atoms with Crippen LogP contribution in [0.5, 0.6) is 0 Å². The molecule has 40 heavy (non-hydrogen) atoms. The number of benzene rings is 2. The Labute approximate surface area is 223 Å². The highest BCUT2D eigenvalue weighted by molar-refractivity contribution is 5.95. The van der Waals surface area contributed by atoms with Crippen LogP contribution in [-0.4, -0.2) is 46.4 Å². The molecule has 3 aromatic rings. The number of hydrogen-bond acceptors (Lipinski definition) is 3. The van der Waals surface area contributed by atoms with Gasteiger partial charge in [0.25, 0.3) is 5.91 Å². The van der Waals surface area contributed by atoms with Crippen LogP contribution in [0.15, 0.2) is 67.0 Å². The second kappa shape index (κ2) is 11.1. The van der Waals surface area contributed by atoms with Crippen molar-refractivity contribution in [1.29, 1.82) is 0 Å². The molecule has 0 saturated carbocycles. The summed E-state index contributed by atoms with van der Waals surface area (Å²) < 4.78 is 119. The second-order valence-corrected chi connectivity index (χ2v) is 9.44. The minimum atomic E-state index is -5.13. The standard InChI is InChI=1S/C27H22F9N3O/c28-25(29,30)20-5-3-17(4-6-20)10-23-16-38(15-18-2-1-7-37-14-18)8-9-39(23)24(40)19-11-21(26(31,32)33)13-22(12-19)27(34,35)36/h1-7,11-14,23H,8-10,15-16H2/t23-/m1/s1. The van der Waals surface area contributed by atoms with Crippen LogP contribution in [0.4, 0.5) is 39.5 Å². The Kier molecular flexibility index (Phi) is 8.16. The van der Waals surface area contributed by atoms with Gasteiger partial charge < -0.3 is 4.90 Å². The second-order valence-electron chi connectivity index (χ2n) is 9.44. The van der Waals surface area contributed by atoms with Gasteiger partial charge in [-0.3, -0.25) is 14.7 Å². The maximum atomic E-state index is 13.4. The van der Waals surface area contributed by atoms with Crippen LogP contribution in [0.2, 0.25) is 0 Å². The minimum Gasteiger partial charge on any atom is -0.333 e. The van der Waals surface area contributed by atoms with Crippen molar-refractivity contribution in [2.45, 2.75) is 37.5 Å². The Bertz CT molecular complexity index is 1290. The zero-order chi connectivity index (χ0) is 29.3. The minimum absolute atomic E-state index is 0.0258. The number of piperazine rings is 1. The molecule has 214 valence electrons. The summed E-state index contributed by atoms with van der Waals surface area (Å²) in [6.07, 6.45) is -11.6. The molecule has 1 amide bonds. The highest BCUT2D eigenvalue weighted by atomic mass is 19.4. The SMILES string of the molecule is O=C(c1cc(C(F)(F)F)cc(C(F)(F)F)c1)N1CCN(Cc2cccnc2)C[C@H]1Cc1ccc(C(F)(F)F)cc1. The molecule has 1 aliphatic heterocycles. The lowest BCUT2D eigenvalue weighted by Gasteiger charge is -2.42. The third kappa shape index (κ3) is 7.12. The van der Waals surface area contributed by atoms with E-state index < -0.39 is 52.7 Å². The van der Waals surface area contributed by atoms with Crippen molar-refractivity contribution in [3.8, 4) is 0 Å². The normalized spacial score (nSPS) is 17.2. The van der Waals surface area contributed by atoms with E-state index in [9.17, 15) is 44.3 Å². The van der Waals surface area contributed by atoms with E-state index in [4.69, 9.17) is 0 Å². The van der Waals surface area contributed by atoms with E-state index in [0.29, 0.717) is 24.2 Å². The summed E-state index contributed by atoms with van der Waals surface area (Å²) in [5, 5.41) is 0. The molecule has 4 rings (SSSR count). The number of aromatic nitrogens is 1. The van der Waals surface area contributed by atoms with Crippen LogP contribution in [0.3, 0.4) is 0 Å².